The fourth-order valence-electron chi connectivity index (χ4n) is 3.16. The summed E-state index contributed by atoms with van der Waals surface area (Å²) in [6.45, 7) is 0. The molecule has 3 N–H and O–H groups in total. The summed E-state index contributed by atoms with van der Waals surface area (Å²) in [4.78, 5) is 22.5. The number of H-pyrrole nitrogens is 1. The van der Waals surface area contributed by atoms with Gasteiger partial charge in [-0.2, -0.15) is 5.10 Å². The minimum absolute atomic E-state index is 0.194. The third-order valence-corrected chi connectivity index (χ3v) is 4.67. The molecule has 0 bridgehead atoms. The second-order valence-electron chi connectivity index (χ2n) is 6.75. The van der Waals surface area contributed by atoms with Gasteiger partial charge in [0.2, 0.25) is 0 Å². The molecule has 0 aliphatic carbocycles. The lowest BCUT2D eigenvalue weighted by molar-refractivity contribution is 0.0828. The number of benzene rings is 1. The number of rotatable bonds is 4. The highest BCUT2D eigenvalue weighted by molar-refractivity contribution is 6.00. The number of aromatic nitrogens is 4. The number of hydrogen-bond donors (Lipinski definition) is 2. The number of methoxy groups -OCH3 is 1. The fourth-order valence-corrected chi connectivity index (χ4v) is 3.16. The van der Waals surface area contributed by atoms with Crippen LogP contribution in [0.4, 0.5) is 5.82 Å². The Morgan fingerprint density at radius 1 is 1.10 bits per heavy atom. The summed E-state index contributed by atoms with van der Waals surface area (Å²) in [6.07, 6.45) is 3.33. The first-order valence-electron chi connectivity index (χ1n) is 8.94. The number of nitrogens with two attached hydrogens (primary N) is 1. The van der Waals surface area contributed by atoms with Crippen LogP contribution in [0, 0.1) is 0 Å². The first-order chi connectivity index (χ1) is 14.0. The van der Waals surface area contributed by atoms with Gasteiger partial charge in [0.1, 0.15) is 11.6 Å². The summed E-state index contributed by atoms with van der Waals surface area (Å²) in [5, 5.41) is 8.19. The van der Waals surface area contributed by atoms with Crippen molar-refractivity contribution in [1.29, 1.82) is 0 Å². The summed E-state index contributed by atoms with van der Waals surface area (Å²) in [5.41, 5.74) is 10.1. The molecule has 3 aromatic heterocycles. The highest BCUT2D eigenvalue weighted by Gasteiger charge is 2.17. The molecule has 0 fully saturated rings. The molecule has 146 valence electrons. The first kappa shape index (κ1) is 18.4. The number of amides is 1. The van der Waals surface area contributed by atoms with Crippen molar-refractivity contribution in [3.63, 3.8) is 0 Å². The van der Waals surface area contributed by atoms with Gasteiger partial charge in [-0.15, -0.1) is 0 Å². The summed E-state index contributed by atoms with van der Waals surface area (Å²) < 4.78 is 5.48. The molecule has 0 atom stereocenters. The van der Waals surface area contributed by atoms with Gasteiger partial charge in [-0.05, 0) is 24.3 Å². The number of hydrogen-bond acceptors (Lipinski definition) is 6. The first-order valence-corrected chi connectivity index (χ1v) is 8.94. The van der Waals surface area contributed by atoms with Crippen LogP contribution in [-0.4, -0.2) is 52.2 Å². The van der Waals surface area contributed by atoms with Crippen LogP contribution in [0.15, 0.2) is 48.8 Å². The lowest BCUT2D eigenvalue weighted by Crippen LogP contribution is -2.23. The molecule has 3 heterocycles. The third-order valence-electron chi connectivity index (χ3n) is 4.67. The maximum Gasteiger partial charge on any atom is 0.257 e. The molecular formula is C21H20N6O2. The Morgan fingerprint density at radius 3 is 2.59 bits per heavy atom. The fraction of sp³-hybridized carbons (Fsp3) is 0.143. The molecule has 1 aromatic carbocycles. The molecule has 4 rings (SSSR count). The molecule has 8 heteroatoms. The van der Waals surface area contributed by atoms with Crippen LogP contribution in [0.1, 0.15) is 10.4 Å². The van der Waals surface area contributed by atoms with Gasteiger partial charge < -0.3 is 15.4 Å². The highest BCUT2D eigenvalue weighted by Crippen LogP contribution is 2.34. The van der Waals surface area contributed by atoms with Crippen LogP contribution >= 0.6 is 0 Å². The van der Waals surface area contributed by atoms with E-state index in [1.807, 2.05) is 30.3 Å². The van der Waals surface area contributed by atoms with Crippen molar-refractivity contribution in [2.75, 3.05) is 26.9 Å². The zero-order valence-electron chi connectivity index (χ0n) is 16.3. The topological polar surface area (TPSA) is 110 Å². The minimum atomic E-state index is -0.205. The number of anilines is 1. The SMILES string of the molecule is COc1ccccc1-c1[nH]nc2ncc(-c3cnc(N)c(C(=O)N(C)C)c3)cc12. The summed E-state index contributed by atoms with van der Waals surface area (Å²) in [6, 6.07) is 11.4. The Morgan fingerprint density at radius 2 is 1.83 bits per heavy atom. The lowest BCUT2D eigenvalue weighted by Gasteiger charge is -2.13. The van der Waals surface area contributed by atoms with Crippen molar-refractivity contribution >= 4 is 22.8 Å². The van der Waals surface area contributed by atoms with Gasteiger partial charge in [-0.25, -0.2) is 9.97 Å². The molecule has 0 unspecified atom stereocenters. The number of fused-ring (bicyclic) bond motifs is 1. The Bertz CT molecular complexity index is 1220. The molecular weight excluding hydrogens is 368 g/mol. The number of nitrogens with one attached hydrogen (secondary N) is 1. The number of carbonyl (C=O) groups is 1. The predicted molar refractivity (Wildman–Crippen MR) is 112 cm³/mol. The van der Waals surface area contributed by atoms with Gasteiger partial charge in [0.15, 0.2) is 5.65 Å². The Labute approximate surface area is 167 Å². The molecule has 8 nitrogen and oxygen atoms in total. The van der Waals surface area contributed by atoms with E-state index in [1.165, 1.54) is 4.90 Å². The molecule has 1 amide bonds. The molecule has 0 aliphatic rings. The quantitative estimate of drug-likeness (QED) is 0.556. The number of para-hydroxylation sites is 1. The standard InChI is InChI=1S/C21H20N6O2/c1-27(2)21(28)16-9-13(10-23-19(16)22)12-8-15-18(25-26-20(15)24-11-12)14-6-4-5-7-17(14)29-3/h4-11H,1-3H3,(H2,22,23)(H,24,25,26). The second kappa shape index (κ2) is 7.23. The average Bonchev–Trinajstić information content (AvgIpc) is 3.16. The Hall–Kier alpha value is -3.94. The molecule has 0 spiro atoms. The van der Waals surface area contributed by atoms with Crippen molar-refractivity contribution in [3.05, 3.63) is 54.4 Å². The van der Waals surface area contributed by atoms with E-state index in [-0.39, 0.29) is 11.7 Å². The van der Waals surface area contributed by atoms with Gasteiger partial charge >= 0.3 is 0 Å². The normalized spacial score (nSPS) is 10.9. The average molecular weight is 388 g/mol. The van der Waals surface area contributed by atoms with Crippen molar-refractivity contribution in [1.82, 2.24) is 25.1 Å². The number of ether oxygens (including phenoxy) is 1. The van der Waals surface area contributed by atoms with Crippen LogP contribution in [-0.2, 0) is 0 Å². The molecule has 4 aromatic rings. The Kier molecular flexibility index (Phi) is 4.59. The van der Waals surface area contributed by atoms with Crippen molar-refractivity contribution < 1.29 is 9.53 Å². The van der Waals surface area contributed by atoms with Crippen molar-refractivity contribution in [3.8, 4) is 28.1 Å². The van der Waals surface area contributed by atoms with E-state index < -0.39 is 0 Å². The third kappa shape index (κ3) is 3.25. The highest BCUT2D eigenvalue weighted by atomic mass is 16.5. The number of pyridine rings is 2. The van der Waals surface area contributed by atoms with E-state index in [2.05, 4.69) is 20.2 Å². The van der Waals surface area contributed by atoms with Crippen LogP contribution in [0.25, 0.3) is 33.4 Å². The van der Waals surface area contributed by atoms with Crippen molar-refractivity contribution in [2.45, 2.75) is 0 Å². The van der Waals surface area contributed by atoms with E-state index in [0.717, 1.165) is 33.5 Å². The largest absolute Gasteiger partial charge is 0.496 e. The van der Waals surface area contributed by atoms with Crippen LogP contribution in [0.3, 0.4) is 0 Å². The van der Waals surface area contributed by atoms with E-state index in [4.69, 9.17) is 10.5 Å². The lowest BCUT2D eigenvalue weighted by atomic mass is 10.0. The van der Waals surface area contributed by atoms with Gasteiger partial charge in [-0.1, -0.05) is 12.1 Å². The second-order valence-corrected chi connectivity index (χ2v) is 6.75. The predicted octanol–water partition coefficient (Wildman–Crippen LogP) is 2.98. The van der Waals surface area contributed by atoms with E-state index in [1.54, 1.807) is 39.7 Å². The van der Waals surface area contributed by atoms with Gasteiger partial charge in [0.25, 0.3) is 5.91 Å². The summed E-state index contributed by atoms with van der Waals surface area (Å²) in [7, 11) is 4.98. The minimum Gasteiger partial charge on any atom is -0.496 e. The number of nitrogens with zero attached hydrogens (tertiary/aromatic N) is 4. The maximum atomic E-state index is 12.4. The van der Waals surface area contributed by atoms with Crippen LogP contribution in [0.2, 0.25) is 0 Å². The van der Waals surface area contributed by atoms with Crippen LogP contribution < -0.4 is 10.5 Å². The molecule has 29 heavy (non-hydrogen) atoms. The van der Waals surface area contributed by atoms with Crippen LogP contribution in [0.5, 0.6) is 5.75 Å². The summed E-state index contributed by atoms with van der Waals surface area (Å²) >= 11 is 0. The molecule has 0 aliphatic heterocycles. The summed E-state index contributed by atoms with van der Waals surface area (Å²) in [5.74, 6) is 0.722. The van der Waals surface area contributed by atoms with Crippen molar-refractivity contribution in [2.24, 2.45) is 0 Å². The van der Waals surface area contributed by atoms with E-state index in [0.29, 0.717) is 11.2 Å². The maximum absolute atomic E-state index is 12.4. The number of aromatic amines is 1. The zero-order valence-corrected chi connectivity index (χ0v) is 16.3. The monoisotopic (exact) mass is 388 g/mol. The smallest absolute Gasteiger partial charge is 0.257 e. The Balaban J connectivity index is 1.85. The zero-order chi connectivity index (χ0) is 20.5. The number of nitrogen functional groups attached to an aromatic ring is 1. The molecule has 0 saturated heterocycles. The number of carbonyl (C=O) groups excluding carboxylic acids is 1. The van der Waals surface area contributed by atoms with Gasteiger partial charge in [0, 0.05) is 48.6 Å². The molecule has 0 radical (unpaired) electrons. The van der Waals surface area contributed by atoms with E-state index in [9.17, 15) is 4.79 Å². The van der Waals surface area contributed by atoms with Gasteiger partial charge in [0.05, 0.1) is 18.4 Å². The molecule has 0 saturated carbocycles. The van der Waals surface area contributed by atoms with E-state index >= 15 is 0 Å². The van der Waals surface area contributed by atoms with Gasteiger partial charge in [-0.3, -0.25) is 9.89 Å².